The second-order valence-electron chi connectivity index (χ2n) is 2.60. The molecule has 4 nitrogen and oxygen atoms in total. The number of rotatable bonds is 3. The van der Waals surface area contributed by atoms with E-state index in [0.29, 0.717) is 5.56 Å². The Morgan fingerprint density at radius 1 is 1.79 bits per heavy atom. The molecule has 0 aromatic carbocycles. The predicted molar refractivity (Wildman–Crippen MR) is 49.2 cm³/mol. The third-order valence-corrected chi connectivity index (χ3v) is 1.67. The molecule has 14 heavy (non-hydrogen) atoms. The number of carbonyl (C=O) groups excluding carboxylic acids is 1. The van der Waals surface area contributed by atoms with E-state index in [1.165, 1.54) is 6.20 Å². The van der Waals surface area contributed by atoms with Crippen LogP contribution >= 0.6 is 0 Å². The lowest BCUT2D eigenvalue weighted by atomic mass is 10.0. The minimum absolute atomic E-state index is 0.275. The number of nitriles is 1. The van der Waals surface area contributed by atoms with E-state index in [2.05, 4.69) is 4.98 Å². The number of pyridine rings is 1. The van der Waals surface area contributed by atoms with E-state index in [9.17, 15) is 4.79 Å². The highest BCUT2D eigenvalue weighted by atomic mass is 16.5. The van der Waals surface area contributed by atoms with Crippen molar-refractivity contribution in [3.8, 4) is 6.07 Å². The molecule has 1 unspecified atom stereocenters. The normalized spacial score (nSPS) is 11.4. The summed E-state index contributed by atoms with van der Waals surface area (Å²) in [6, 6.07) is 5.25. The van der Waals surface area contributed by atoms with Gasteiger partial charge in [0.15, 0.2) is 5.92 Å². The van der Waals surface area contributed by atoms with Gasteiger partial charge in [-0.05, 0) is 18.6 Å². The van der Waals surface area contributed by atoms with Crippen molar-refractivity contribution >= 4 is 5.97 Å². The van der Waals surface area contributed by atoms with Gasteiger partial charge in [-0.3, -0.25) is 9.78 Å². The van der Waals surface area contributed by atoms with Crippen molar-refractivity contribution in [1.29, 1.82) is 5.26 Å². The highest BCUT2D eigenvalue weighted by Crippen LogP contribution is 2.14. The zero-order chi connectivity index (χ0) is 10.4. The minimum atomic E-state index is -0.872. The van der Waals surface area contributed by atoms with Crippen molar-refractivity contribution in [3.05, 3.63) is 30.1 Å². The Bertz CT molecular complexity index is 343. The fourth-order valence-electron chi connectivity index (χ4n) is 1.04. The van der Waals surface area contributed by atoms with Gasteiger partial charge in [-0.2, -0.15) is 5.26 Å². The highest BCUT2D eigenvalue weighted by molar-refractivity contribution is 5.81. The van der Waals surface area contributed by atoms with E-state index in [4.69, 9.17) is 10.00 Å². The maximum atomic E-state index is 11.3. The third kappa shape index (κ3) is 2.30. The van der Waals surface area contributed by atoms with Gasteiger partial charge < -0.3 is 4.74 Å². The molecule has 0 saturated carbocycles. The van der Waals surface area contributed by atoms with Gasteiger partial charge in [-0.25, -0.2) is 0 Å². The van der Waals surface area contributed by atoms with Crippen molar-refractivity contribution in [1.82, 2.24) is 4.98 Å². The van der Waals surface area contributed by atoms with Gasteiger partial charge in [0.1, 0.15) is 0 Å². The Kier molecular flexibility index (Phi) is 3.62. The van der Waals surface area contributed by atoms with Gasteiger partial charge in [0.25, 0.3) is 0 Å². The molecule has 0 radical (unpaired) electrons. The molecule has 0 amide bonds. The minimum Gasteiger partial charge on any atom is -0.465 e. The lowest BCUT2D eigenvalue weighted by Crippen LogP contribution is -2.14. The van der Waals surface area contributed by atoms with Crippen molar-refractivity contribution in [2.75, 3.05) is 6.61 Å². The quantitative estimate of drug-likeness (QED) is 0.673. The first-order valence-corrected chi connectivity index (χ1v) is 4.25. The Morgan fingerprint density at radius 2 is 2.57 bits per heavy atom. The van der Waals surface area contributed by atoms with E-state index in [-0.39, 0.29) is 6.61 Å². The third-order valence-electron chi connectivity index (χ3n) is 1.67. The molecule has 1 aromatic rings. The summed E-state index contributed by atoms with van der Waals surface area (Å²) in [5.74, 6) is -1.40. The standard InChI is InChI=1S/C10H10N2O2/c1-2-14-10(13)9(6-11)8-4-3-5-12-7-8/h3-5,7,9H,2H2,1H3. The first-order chi connectivity index (χ1) is 6.79. The van der Waals surface area contributed by atoms with Gasteiger partial charge in [0, 0.05) is 12.4 Å². The molecule has 72 valence electrons. The van der Waals surface area contributed by atoms with E-state index >= 15 is 0 Å². The summed E-state index contributed by atoms with van der Waals surface area (Å²) >= 11 is 0. The topological polar surface area (TPSA) is 63.0 Å². The second-order valence-corrected chi connectivity index (χ2v) is 2.60. The molecule has 4 heteroatoms. The van der Waals surface area contributed by atoms with E-state index < -0.39 is 11.9 Å². The van der Waals surface area contributed by atoms with Crippen molar-refractivity contribution in [3.63, 3.8) is 0 Å². The summed E-state index contributed by atoms with van der Waals surface area (Å²) in [5, 5.41) is 8.80. The van der Waals surface area contributed by atoms with Crippen LogP contribution in [0.1, 0.15) is 18.4 Å². The Labute approximate surface area is 82.1 Å². The van der Waals surface area contributed by atoms with Gasteiger partial charge in [-0.15, -0.1) is 0 Å². The van der Waals surface area contributed by atoms with Gasteiger partial charge in [-0.1, -0.05) is 6.07 Å². The molecule has 0 saturated heterocycles. The maximum Gasteiger partial charge on any atom is 0.327 e. The largest absolute Gasteiger partial charge is 0.465 e. The zero-order valence-corrected chi connectivity index (χ0v) is 7.80. The summed E-state index contributed by atoms with van der Waals surface area (Å²) in [5.41, 5.74) is 0.563. The summed E-state index contributed by atoms with van der Waals surface area (Å²) in [7, 11) is 0. The number of carbonyl (C=O) groups is 1. The fraction of sp³-hybridized carbons (Fsp3) is 0.300. The average Bonchev–Trinajstić information content (AvgIpc) is 2.21. The van der Waals surface area contributed by atoms with Crippen LogP contribution in [-0.2, 0) is 9.53 Å². The van der Waals surface area contributed by atoms with Crippen molar-refractivity contribution < 1.29 is 9.53 Å². The maximum absolute atomic E-state index is 11.3. The first kappa shape index (κ1) is 10.2. The Balaban J connectivity index is 2.84. The molecular weight excluding hydrogens is 180 g/mol. The Hall–Kier alpha value is -1.89. The molecule has 0 bridgehead atoms. The first-order valence-electron chi connectivity index (χ1n) is 4.25. The van der Waals surface area contributed by atoms with Crippen LogP contribution < -0.4 is 0 Å². The van der Waals surface area contributed by atoms with Crippen LogP contribution in [0.2, 0.25) is 0 Å². The van der Waals surface area contributed by atoms with Crippen LogP contribution in [0.3, 0.4) is 0 Å². The molecule has 0 aliphatic carbocycles. The molecule has 1 heterocycles. The van der Waals surface area contributed by atoms with Crippen molar-refractivity contribution in [2.45, 2.75) is 12.8 Å². The van der Waals surface area contributed by atoms with Gasteiger partial charge in [0.2, 0.25) is 0 Å². The predicted octanol–water partition coefficient (Wildman–Crippen LogP) is 1.25. The zero-order valence-electron chi connectivity index (χ0n) is 7.80. The van der Waals surface area contributed by atoms with E-state index in [1.807, 2.05) is 6.07 Å². The summed E-state index contributed by atoms with van der Waals surface area (Å²) in [6.45, 7) is 1.98. The van der Waals surface area contributed by atoms with Gasteiger partial charge in [0.05, 0.1) is 12.7 Å². The van der Waals surface area contributed by atoms with Crippen LogP contribution in [0.4, 0.5) is 0 Å². The second kappa shape index (κ2) is 4.97. The number of ether oxygens (including phenoxy) is 1. The summed E-state index contributed by atoms with van der Waals surface area (Å²) in [6.07, 6.45) is 3.08. The number of esters is 1. The number of nitrogens with zero attached hydrogens (tertiary/aromatic N) is 2. The molecule has 0 fully saturated rings. The molecule has 0 aliphatic heterocycles. The van der Waals surface area contributed by atoms with Crippen LogP contribution in [-0.4, -0.2) is 17.6 Å². The fourth-order valence-corrected chi connectivity index (χ4v) is 1.04. The molecule has 1 atom stereocenters. The Morgan fingerprint density at radius 3 is 3.07 bits per heavy atom. The van der Waals surface area contributed by atoms with Gasteiger partial charge >= 0.3 is 5.97 Å². The molecular formula is C10H10N2O2. The number of aromatic nitrogens is 1. The van der Waals surface area contributed by atoms with Crippen LogP contribution in [0.25, 0.3) is 0 Å². The van der Waals surface area contributed by atoms with Crippen LogP contribution in [0.5, 0.6) is 0 Å². The van der Waals surface area contributed by atoms with Crippen molar-refractivity contribution in [2.24, 2.45) is 0 Å². The summed E-state index contributed by atoms with van der Waals surface area (Å²) < 4.78 is 4.76. The highest BCUT2D eigenvalue weighted by Gasteiger charge is 2.21. The smallest absolute Gasteiger partial charge is 0.327 e. The van der Waals surface area contributed by atoms with Crippen LogP contribution in [0, 0.1) is 11.3 Å². The van der Waals surface area contributed by atoms with E-state index in [0.717, 1.165) is 0 Å². The lowest BCUT2D eigenvalue weighted by molar-refractivity contribution is -0.143. The number of hydrogen-bond donors (Lipinski definition) is 0. The molecule has 0 N–H and O–H groups in total. The van der Waals surface area contributed by atoms with Crippen LogP contribution in [0.15, 0.2) is 24.5 Å². The monoisotopic (exact) mass is 190 g/mol. The number of hydrogen-bond acceptors (Lipinski definition) is 4. The molecule has 0 spiro atoms. The van der Waals surface area contributed by atoms with E-state index in [1.54, 1.807) is 25.3 Å². The molecule has 0 aliphatic rings. The molecule has 1 rings (SSSR count). The lowest BCUT2D eigenvalue weighted by Gasteiger charge is -2.07. The summed E-state index contributed by atoms with van der Waals surface area (Å²) in [4.78, 5) is 15.1. The molecule has 1 aromatic heterocycles. The average molecular weight is 190 g/mol. The SMILES string of the molecule is CCOC(=O)C(C#N)c1cccnc1.